The standard InChI is InChI=1S/C18H23N5O2/c1-14-20-18(21-25-14)13-22(2)16-6-7-23(12-16)8-9-24-17-5-3-4-15(10-17)11-19/h3-5,10,16H,6-9,12-13H2,1-2H3/t16-/m1/s1. The summed E-state index contributed by atoms with van der Waals surface area (Å²) in [6.45, 7) is 6.07. The lowest BCUT2D eigenvalue weighted by atomic mass is 10.2. The van der Waals surface area contributed by atoms with Crippen LogP contribution in [0, 0.1) is 18.3 Å². The number of aromatic nitrogens is 2. The number of nitrogens with zero attached hydrogens (tertiary/aromatic N) is 5. The average molecular weight is 341 g/mol. The quantitative estimate of drug-likeness (QED) is 0.760. The van der Waals surface area contributed by atoms with Crippen molar-refractivity contribution < 1.29 is 9.26 Å². The van der Waals surface area contributed by atoms with Crippen LogP contribution in [0.4, 0.5) is 0 Å². The van der Waals surface area contributed by atoms with Gasteiger partial charge in [-0.05, 0) is 38.2 Å². The molecule has 2 heterocycles. The van der Waals surface area contributed by atoms with E-state index in [1.54, 1.807) is 19.1 Å². The molecule has 0 radical (unpaired) electrons. The van der Waals surface area contributed by atoms with Gasteiger partial charge in [0.1, 0.15) is 12.4 Å². The van der Waals surface area contributed by atoms with Crippen molar-refractivity contribution in [2.24, 2.45) is 0 Å². The van der Waals surface area contributed by atoms with Gasteiger partial charge in [0.2, 0.25) is 5.89 Å². The van der Waals surface area contributed by atoms with Crippen LogP contribution >= 0.6 is 0 Å². The number of likely N-dealkylation sites (tertiary alicyclic amines) is 1. The Morgan fingerprint density at radius 1 is 1.48 bits per heavy atom. The molecule has 1 atom stereocenters. The Kier molecular flexibility index (Phi) is 5.64. The third kappa shape index (κ3) is 4.78. The molecule has 0 aliphatic carbocycles. The summed E-state index contributed by atoms with van der Waals surface area (Å²) in [4.78, 5) is 8.94. The lowest BCUT2D eigenvalue weighted by molar-refractivity contribution is 0.200. The number of likely N-dealkylation sites (N-methyl/N-ethyl adjacent to an activating group) is 1. The van der Waals surface area contributed by atoms with Gasteiger partial charge in [-0.15, -0.1) is 0 Å². The lowest BCUT2D eigenvalue weighted by Gasteiger charge is -2.23. The molecule has 0 bridgehead atoms. The predicted molar refractivity (Wildman–Crippen MR) is 92.0 cm³/mol. The van der Waals surface area contributed by atoms with Crippen LogP contribution in [0.1, 0.15) is 23.7 Å². The maximum Gasteiger partial charge on any atom is 0.223 e. The van der Waals surface area contributed by atoms with Gasteiger partial charge < -0.3 is 9.26 Å². The van der Waals surface area contributed by atoms with E-state index >= 15 is 0 Å². The Morgan fingerprint density at radius 2 is 2.36 bits per heavy atom. The molecule has 1 aromatic carbocycles. The number of hydrogen-bond donors (Lipinski definition) is 0. The monoisotopic (exact) mass is 341 g/mol. The van der Waals surface area contributed by atoms with E-state index in [0.29, 0.717) is 30.6 Å². The van der Waals surface area contributed by atoms with Crippen LogP contribution in [0.15, 0.2) is 28.8 Å². The predicted octanol–water partition coefficient (Wildman–Crippen LogP) is 1.83. The van der Waals surface area contributed by atoms with Gasteiger partial charge in [0.05, 0.1) is 18.2 Å². The molecule has 0 spiro atoms. The number of nitriles is 1. The highest BCUT2D eigenvalue weighted by Gasteiger charge is 2.26. The molecule has 7 nitrogen and oxygen atoms in total. The summed E-state index contributed by atoms with van der Waals surface area (Å²) in [7, 11) is 2.10. The van der Waals surface area contributed by atoms with Gasteiger partial charge in [-0.3, -0.25) is 9.80 Å². The first-order valence-corrected chi connectivity index (χ1v) is 8.49. The third-order valence-corrected chi connectivity index (χ3v) is 4.47. The van der Waals surface area contributed by atoms with E-state index in [1.165, 1.54) is 0 Å². The Labute approximate surface area is 147 Å². The molecule has 25 heavy (non-hydrogen) atoms. The van der Waals surface area contributed by atoms with E-state index in [2.05, 4.69) is 33.1 Å². The average Bonchev–Trinajstić information content (AvgIpc) is 3.24. The van der Waals surface area contributed by atoms with Crippen LogP contribution in [0.5, 0.6) is 5.75 Å². The summed E-state index contributed by atoms with van der Waals surface area (Å²) in [5.74, 6) is 2.09. The lowest BCUT2D eigenvalue weighted by Crippen LogP contribution is -2.35. The number of benzene rings is 1. The van der Waals surface area contributed by atoms with Gasteiger partial charge in [0.25, 0.3) is 0 Å². The van der Waals surface area contributed by atoms with Crippen molar-refractivity contribution in [3.05, 3.63) is 41.5 Å². The smallest absolute Gasteiger partial charge is 0.223 e. The minimum atomic E-state index is 0.487. The second-order valence-corrected chi connectivity index (χ2v) is 6.38. The van der Waals surface area contributed by atoms with Gasteiger partial charge in [-0.1, -0.05) is 11.2 Å². The first-order chi connectivity index (χ1) is 12.1. The van der Waals surface area contributed by atoms with Crippen molar-refractivity contribution in [2.75, 3.05) is 33.3 Å². The van der Waals surface area contributed by atoms with E-state index in [1.807, 2.05) is 12.1 Å². The Bertz CT molecular complexity index is 739. The van der Waals surface area contributed by atoms with Crippen LogP contribution in [0.3, 0.4) is 0 Å². The minimum absolute atomic E-state index is 0.487. The maximum absolute atomic E-state index is 8.92. The minimum Gasteiger partial charge on any atom is -0.492 e. The van der Waals surface area contributed by atoms with Crippen LogP contribution in [-0.2, 0) is 6.54 Å². The second-order valence-electron chi connectivity index (χ2n) is 6.38. The first kappa shape index (κ1) is 17.4. The number of ether oxygens (including phenoxy) is 1. The number of aryl methyl sites for hydroxylation is 1. The molecule has 1 aliphatic rings. The molecule has 1 saturated heterocycles. The summed E-state index contributed by atoms with van der Waals surface area (Å²) in [5, 5.41) is 12.9. The number of hydrogen-bond acceptors (Lipinski definition) is 7. The highest BCUT2D eigenvalue weighted by atomic mass is 16.5. The van der Waals surface area contributed by atoms with Gasteiger partial charge in [0, 0.05) is 26.1 Å². The molecular formula is C18H23N5O2. The number of rotatable bonds is 7. The maximum atomic E-state index is 8.92. The molecule has 0 saturated carbocycles. The summed E-state index contributed by atoms with van der Waals surface area (Å²) in [6, 6.07) is 9.89. The molecule has 1 fully saturated rings. The third-order valence-electron chi connectivity index (χ3n) is 4.47. The first-order valence-electron chi connectivity index (χ1n) is 8.49. The van der Waals surface area contributed by atoms with Crippen molar-refractivity contribution in [1.29, 1.82) is 5.26 Å². The molecule has 1 aliphatic heterocycles. The fourth-order valence-electron chi connectivity index (χ4n) is 3.08. The molecule has 2 aromatic rings. The molecule has 0 amide bonds. The Balaban J connectivity index is 1.41. The van der Waals surface area contributed by atoms with E-state index < -0.39 is 0 Å². The van der Waals surface area contributed by atoms with Gasteiger partial charge in [0.15, 0.2) is 5.82 Å². The van der Waals surface area contributed by atoms with Gasteiger partial charge in [-0.2, -0.15) is 10.2 Å². The zero-order valence-corrected chi connectivity index (χ0v) is 14.7. The van der Waals surface area contributed by atoms with Crippen molar-refractivity contribution in [1.82, 2.24) is 19.9 Å². The summed E-state index contributed by atoms with van der Waals surface area (Å²) >= 11 is 0. The van der Waals surface area contributed by atoms with E-state index in [-0.39, 0.29) is 0 Å². The fourth-order valence-corrected chi connectivity index (χ4v) is 3.08. The molecule has 1 aromatic heterocycles. The summed E-state index contributed by atoms with van der Waals surface area (Å²) < 4.78 is 10.8. The molecule has 7 heteroatoms. The normalized spacial score (nSPS) is 17.8. The van der Waals surface area contributed by atoms with E-state index in [0.717, 1.165) is 37.6 Å². The molecule has 0 unspecified atom stereocenters. The Hall–Kier alpha value is -2.43. The van der Waals surface area contributed by atoms with Gasteiger partial charge in [-0.25, -0.2) is 0 Å². The van der Waals surface area contributed by atoms with Crippen molar-refractivity contribution in [3.8, 4) is 11.8 Å². The van der Waals surface area contributed by atoms with Crippen LogP contribution in [0.2, 0.25) is 0 Å². The van der Waals surface area contributed by atoms with Crippen LogP contribution in [-0.4, -0.2) is 59.3 Å². The van der Waals surface area contributed by atoms with Crippen molar-refractivity contribution in [3.63, 3.8) is 0 Å². The van der Waals surface area contributed by atoms with Crippen molar-refractivity contribution >= 4 is 0 Å². The van der Waals surface area contributed by atoms with E-state index in [9.17, 15) is 0 Å². The van der Waals surface area contributed by atoms with E-state index in [4.69, 9.17) is 14.5 Å². The highest BCUT2D eigenvalue weighted by molar-refractivity contribution is 5.36. The Morgan fingerprint density at radius 3 is 3.12 bits per heavy atom. The molecule has 132 valence electrons. The van der Waals surface area contributed by atoms with Crippen molar-refractivity contribution in [2.45, 2.75) is 25.9 Å². The summed E-state index contributed by atoms with van der Waals surface area (Å²) in [5.41, 5.74) is 0.622. The topological polar surface area (TPSA) is 78.4 Å². The molecule has 0 N–H and O–H groups in total. The zero-order valence-electron chi connectivity index (χ0n) is 14.7. The summed E-state index contributed by atoms with van der Waals surface area (Å²) in [6.07, 6.45) is 1.12. The van der Waals surface area contributed by atoms with Gasteiger partial charge >= 0.3 is 0 Å². The molecule has 3 rings (SSSR count). The largest absolute Gasteiger partial charge is 0.492 e. The highest BCUT2D eigenvalue weighted by Crippen LogP contribution is 2.17. The fraction of sp³-hybridized carbons (Fsp3) is 0.500. The molecular weight excluding hydrogens is 318 g/mol. The van der Waals surface area contributed by atoms with Crippen LogP contribution in [0.25, 0.3) is 0 Å². The second kappa shape index (κ2) is 8.10. The zero-order chi connectivity index (χ0) is 17.6. The SMILES string of the molecule is Cc1nc(CN(C)[C@@H]2CCN(CCOc3cccc(C#N)c3)C2)no1. The van der Waals surface area contributed by atoms with Crippen LogP contribution < -0.4 is 4.74 Å².